The lowest BCUT2D eigenvalue weighted by atomic mass is 10.1. The molecule has 21 heavy (non-hydrogen) atoms. The van der Waals surface area contributed by atoms with Gasteiger partial charge in [0.2, 0.25) is 0 Å². The predicted octanol–water partition coefficient (Wildman–Crippen LogP) is 0.918. The summed E-state index contributed by atoms with van der Waals surface area (Å²) in [5.41, 5.74) is 1.30. The zero-order valence-corrected chi connectivity index (χ0v) is 11.8. The van der Waals surface area contributed by atoms with E-state index in [0.717, 1.165) is 5.56 Å². The summed E-state index contributed by atoms with van der Waals surface area (Å²) in [6.07, 6.45) is 2.91. The molecule has 2 amide bonds. The molecule has 1 aromatic heterocycles. The maximum atomic E-state index is 11.7. The van der Waals surface area contributed by atoms with Crippen LogP contribution in [0.5, 0.6) is 0 Å². The van der Waals surface area contributed by atoms with Gasteiger partial charge in [0.1, 0.15) is 6.04 Å². The molecule has 114 valence electrons. The lowest BCUT2D eigenvalue weighted by molar-refractivity contribution is -0.142. The van der Waals surface area contributed by atoms with E-state index >= 15 is 0 Å². The van der Waals surface area contributed by atoms with Crippen molar-refractivity contribution in [2.24, 2.45) is 0 Å². The Morgan fingerprint density at radius 1 is 1.38 bits per heavy atom. The van der Waals surface area contributed by atoms with E-state index in [0.29, 0.717) is 5.69 Å². The number of carbonyl (C=O) groups excluding carboxylic acids is 2. The molecule has 0 bridgehead atoms. The quantitative estimate of drug-likeness (QED) is 0.672. The molecule has 0 fully saturated rings. The fraction of sp³-hybridized carbons (Fsp3) is 0.385. The lowest BCUT2D eigenvalue weighted by Gasteiger charge is -2.14. The number of nitrogens with one attached hydrogen (secondary N) is 2. The molecule has 0 aliphatic rings. The predicted molar refractivity (Wildman–Crippen MR) is 73.8 cm³/mol. The number of aromatic nitrogens is 1. The van der Waals surface area contributed by atoms with Crippen LogP contribution < -0.4 is 10.6 Å². The SMILES string of the molecule is COC(=O)CC[C@H](NC(=O)Nc1cncc(C)c1)C(=O)O. The van der Waals surface area contributed by atoms with Crippen LogP contribution in [-0.2, 0) is 14.3 Å². The van der Waals surface area contributed by atoms with Gasteiger partial charge in [0, 0.05) is 12.6 Å². The van der Waals surface area contributed by atoms with Gasteiger partial charge < -0.3 is 20.5 Å². The summed E-state index contributed by atoms with van der Waals surface area (Å²) in [6.45, 7) is 1.81. The Labute approximate surface area is 121 Å². The van der Waals surface area contributed by atoms with Crippen LogP contribution in [0.3, 0.4) is 0 Å². The van der Waals surface area contributed by atoms with Crippen molar-refractivity contribution in [3.8, 4) is 0 Å². The van der Waals surface area contributed by atoms with Crippen LogP contribution in [0.15, 0.2) is 18.5 Å². The summed E-state index contributed by atoms with van der Waals surface area (Å²) < 4.78 is 4.43. The van der Waals surface area contributed by atoms with E-state index in [2.05, 4.69) is 20.4 Å². The number of methoxy groups -OCH3 is 1. The highest BCUT2D eigenvalue weighted by Crippen LogP contribution is 2.07. The fourth-order valence-corrected chi connectivity index (χ4v) is 1.57. The number of carbonyl (C=O) groups is 3. The summed E-state index contributed by atoms with van der Waals surface area (Å²) in [4.78, 5) is 37.7. The molecule has 1 heterocycles. The Bertz CT molecular complexity index is 532. The molecule has 0 saturated carbocycles. The van der Waals surface area contributed by atoms with E-state index in [1.807, 2.05) is 6.92 Å². The van der Waals surface area contributed by atoms with E-state index in [-0.39, 0.29) is 12.8 Å². The minimum Gasteiger partial charge on any atom is -0.480 e. The van der Waals surface area contributed by atoms with Crippen molar-refractivity contribution < 1.29 is 24.2 Å². The van der Waals surface area contributed by atoms with Crippen LogP contribution in [0.2, 0.25) is 0 Å². The molecule has 0 saturated heterocycles. The van der Waals surface area contributed by atoms with Crippen molar-refractivity contribution in [2.45, 2.75) is 25.8 Å². The average molecular weight is 295 g/mol. The normalized spacial score (nSPS) is 11.3. The zero-order valence-electron chi connectivity index (χ0n) is 11.8. The van der Waals surface area contributed by atoms with Crippen molar-refractivity contribution in [1.29, 1.82) is 0 Å². The maximum Gasteiger partial charge on any atom is 0.326 e. The number of urea groups is 1. The summed E-state index contributed by atoms with van der Waals surface area (Å²) in [5, 5.41) is 13.8. The third-order valence-electron chi connectivity index (χ3n) is 2.60. The second kappa shape index (κ2) is 7.83. The van der Waals surface area contributed by atoms with Gasteiger partial charge in [-0.25, -0.2) is 9.59 Å². The van der Waals surface area contributed by atoms with Crippen molar-refractivity contribution in [3.05, 3.63) is 24.0 Å². The van der Waals surface area contributed by atoms with E-state index in [4.69, 9.17) is 5.11 Å². The first kappa shape index (κ1) is 16.4. The Morgan fingerprint density at radius 2 is 2.10 bits per heavy atom. The standard InChI is InChI=1S/C13H17N3O5/c1-8-5-9(7-14-6-8)15-13(20)16-10(12(18)19)3-4-11(17)21-2/h5-7,10H,3-4H2,1-2H3,(H,18,19)(H2,15,16,20)/t10-/m0/s1. The summed E-state index contributed by atoms with van der Waals surface area (Å²) in [5.74, 6) is -1.76. The summed E-state index contributed by atoms with van der Waals surface area (Å²) in [7, 11) is 1.21. The summed E-state index contributed by atoms with van der Waals surface area (Å²) in [6, 6.07) is -0.168. The number of aliphatic carboxylic acids is 1. The number of carboxylic acid groups (broad SMARTS) is 1. The van der Waals surface area contributed by atoms with Gasteiger partial charge in [0.05, 0.1) is 19.0 Å². The highest BCUT2D eigenvalue weighted by Gasteiger charge is 2.21. The minimum absolute atomic E-state index is 0.0541. The number of nitrogens with zero attached hydrogens (tertiary/aromatic N) is 1. The molecule has 0 unspecified atom stereocenters. The highest BCUT2D eigenvalue weighted by molar-refractivity contribution is 5.92. The smallest absolute Gasteiger partial charge is 0.326 e. The number of pyridine rings is 1. The fourth-order valence-electron chi connectivity index (χ4n) is 1.57. The molecule has 1 rings (SSSR count). The second-order valence-electron chi connectivity index (χ2n) is 4.36. The number of rotatable bonds is 6. The average Bonchev–Trinajstić information content (AvgIpc) is 2.42. The van der Waals surface area contributed by atoms with Crippen molar-refractivity contribution in [3.63, 3.8) is 0 Å². The number of hydrogen-bond acceptors (Lipinski definition) is 5. The van der Waals surface area contributed by atoms with Gasteiger partial charge in [0.15, 0.2) is 0 Å². The molecule has 0 aliphatic heterocycles. The first-order valence-electron chi connectivity index (χ1n) is 6.21. The Balaban J connectivity index is 2.56. The van der Waals surface area contributed by atoms with Crippen LogP contribution in [0.4, 0.5) is 10.5 Å². The zero-order chi connectivity index (χ0) is 15.8. The molecule has 0 aliphatic carbocycles. The van der Waals surface area contributed by atoms with Gasteiger partial charge in [-0.15, -0.1) is 0 Å². The Hall–Kier alpha value is -2.64. The third kappa shape index (κ3) is 5.89. The number of amides is 2. The van der Waals surface area contributed by atoms with Crippen molar-refractivity contribution in [2.75, 3.05) is 12.4 Å². The number of anilines is 1. The summed E-state index contributed by atoms with van der Waals surface area (Å²) >= 11 is 0. The molecular formula is C13H17N3O5. The maximum absolute atomic E-state index is 11.7. The second-order valence-corrected chi connectivity index (χ2v) is 4.36. The molecule has 1 atom stereocenters. The Morgan fingerprint density at radius 3 is 2.67 bits per heavy atom. The number of ether oxygens (including phenoxy) is 1. The van der Waals surface area contributed by atoms with Gasteiger partial charge in [-0.3, -0.25) is 9.78 Å². The first-order chi connectivity index (χ1) is 9.92. The molecule has 3 N–H and O–H groups in total. The van der Waals surface area contributed by atoms with Crippen LogP contribution in [0, 0.1) is 6.92 Å². The Kier molecular flexibility index (Phi) is 6.12. The van der Waals surface area contributed by atoms with Crippen molar-refractivity contribution in [1.82, 2.24) is 10.3 Å². The monoisotopic (exact) mass is 295 g/mol. The van der Waals surface area contributed by atoms with Gasteiger partial charge in [0.25, 0.3) is 0 Å². The molecular weight excluding hydrogens is 278 g/mol. The lowest BCUT2D eigenvalue weighted by Crippen LogP contribution is -2.43. The molecule has 0 spiro atoms. The van der Waals surface area contributed by atoms with E-state index in [9.17, 15) is 14.4 Å². The largest absolute Gasteiger partial charge is 0.480 e. The van der Waals surface area contributed by atoms with Gasteiger partial charge in [-0.05, 0) is 25.0 Å². The molecule has 8 nitrogen and oxygen atoms in total. The van der Waals surface area contributed by atoms with E-state index < -0.39 is 24.0 Å². The molecule has 0 aromatic carbocycles. The van der Waals surface area contributed by atoms with E-state index in [1.165, 1.54) is 13.3 Å². The van der Waals surface area contributed by atoms with Crippen molar-refractivity contribution >= 4 is 23.7 Å². The molecule has 0 radical (unpaired) electrons. The molecule has 8 heteroatoms. The highest BCUT2D eigenvalue weighted by atomic mass is 16.5. The van der Waals surface area contributed by atoms with Crippen LogP contribution in [-0.4, -0.2) is 41.2 Å². The number of hydrogen-bond donors (Lipinski definition) is 3. The molecule has 1 aromatic rings. The van der Waals surface area contributed by atoms with Crippen LogP contribution in [0.25, 0.3) is 0 Å². The number of carboxylic acids is 1. The van der Waals surface area contributed by atoms with Gasteiger partial charge in [-0.1, -0.05) is 0 Å². The number of aryl methyl sites for hydroxylation is 1. The number of esters is 1. The van der Waals surface area contributed by atoms with E-state index in [1.54, 1.807) is 12.3 Å². The topological polar surface area (TPSA) is 118 Å². The third-order valence-corrected chi connectivity index (χ3v) is 2.60. The van der Waals surface area contributed by atoms with Crippen LogP contribution >= 0.6 is 0 Å². The first-order valence-corrected chi connectivity index (χ1v) is 6.21. The van der Waals surface area contributed by atoms with Crippen LogP contribution in [0.1, 0.15) is 18.4 Å². The minimum atomic E-state index is -1.23. The van der Waals surface area contributed by atoms with Gasteiger partial charge >= 0.3 is 18.0 Å². The van der Waals surface area contributed by atoms with Gasteiger partial charge in [-0.2, -0.15) is 0 Å².